The zero-order valence-electron chi connectivity index (χ0n) is 10.7. The number of nitriles is 2. The Morgan fingerprint density at radius 3 is 2.67 bits per heavy atom. The molecule has 0 aromatic heterocycles. The second-order valence-electron chi connectivity index (χ2n) is 4.76. The standard InChI is InChI=1S/C14H9N5OS/c15-5-8-11(17)19-12(21)9(6-16)14(8)7-3-1-2-4-10(7)18-13(14)20/h1-4,9H,17H2,(H,18,20)(H,19,21). The molecule has 7 heteroatoms. The summed E-state index contributed by atoms with van der Waals surface area (Å²) in [6.07, 6.45) is 0. The number of nitrogens with zero attached hydrogens (tertiary/aromatic N) is 2. The number of anilines is 1. The number of nitrogens with two attached hydrogens (primary N) is 1. The van der Waals surface area contributed by atoms with E-state index in [1.54, 1.807) is 24.3 Å². The number of carbonyl (C=O) groups excluding carboxylic acids is 1. The average molecular weight is 295 g/mol. The third-order valence-electron chi connectivity index (χ3n) is 3.82. The molecule has 3 rings (SSSR count). The van der Waals surface area contributed by atoms with Gasteiger partial charge < -0.3 is 16.4 Å². The molecule has 0 saturated heterocycles. The molecule has 1 spiro atoms. The van der Waals surface area contributed by atoms with Crippen LogP contribution in [0.2, 0.25) is 0 Å². The van der Waals surface area contributed by atoms with Crippen molar-refractivity contribution in [3.8, 4) is 12.1 Å². The molecule has 0 bridgehead atoms. The minimum absolute atomic E-state index is 0.0147. The maximum absolute atomic E-state index is 12.6. The SMILES string of the molecule is N#CC1=C(N)NC(=S)C(C#N)C12C(=O)Nc1ccccc12. The topological polar surface area (TPSA) is 115 Å². The van der Waals surface area contributed by atoms with Crippen LogP contribution in [-0.4, -0.2) is 10.9 Å². The van der Waals surface area contributed by atoms with Crippen LogP contribution in [-0.2, 0) is 10.2 Å². The van der Waals surface area contributed by atoms with Gasteiger partial charge in [-0.1, -0.05) is 30.4 Å². The summed E-state index contributed by atoms with van der Waals surface area (Å²) in [6.45, 7) is 0. The summed E-state index contributed by atoms with van der Waals surface area (Å²) in [5.74, 6) is -1.43. The summed E-state index contributed by atoms with van der Waals surface area (Å²) in [4.78, 5) is 12.8. The third-order valence-corrected chi connectivity index (χ3v) is 4.15. The molecule has 2 aliphatic heterocycles. The quantitative estimate of drug-likeness (QED) is 0.605. The molecule has 2 unspecified atom stereocenters. The van der Waals surface area contributed by atoms with Crippen LogP contribution < -0.4 is 16.4 Å². The second kappa shape index (κ2) is 4.30. The fraction of sp³-hybridized carbons (Fsp3) is 0.143. The minimum Gasteiger partial charge on any atom is -0.384 e. The minimum atomic E-state index is -1.48. The van der Waals surface area contributed by atoms with Crippen molar-refractivity contribution < 1.29 is 4.79 Å². The lowest BCUT2D eigenvalue weighted by atomic mass is 9.65. The number of nitrogens with one attached hydrogen (secondary N) is 2. The van der Waals surface area contributed by atoms with Gasteiger partial charge in [-0.05, 0) is 11.6 Å². The van der Waals surface area contributed by atoms with E-state index in [0.29, 0.717) is 11.3 Å². The van der Waals surface area contributed by atoms with E-state index in [9.17, 15) is 15.3 Å². The van der Waals surface area contributed by atoms with E-state index < -0.39 is 17.2 Å². The maximum atomic E-state index is 12.6. The summed E-state index contributed by atoms with van der Waals surface area (Å²) in [5, 5.41) is 24.3. The van der Waals surface area contributed by atoms with Crippen LogP contribution >= 0.6 is 12.2 Å². The number of amides is 1. The van der Waals surface area contributed by atoms with Gasteiger partial charge in [-0.25, -0.2) is 0 Å². The predicted octanol–water partition coefficient (Wildman–Crippen LogP) is 0.641. The second-order valence-corrected chi connectivity index (χ2v) is 5.20. The molecule has 2 atom stereocenters. The van der Waals surface area contributed by atoms with Crippen molar-refractivity contribution in [2.45, 2.75) is 5.41 Å². The van der Waals surface area contributed by atoms with Gasteiger partial charge in [-0.2, -0.15) is 10.5 Å². The average Bonchev–Trinajstić information content (AvgIpc) is 2.73. The van der Waals surface area contributed by atoms with Crippen LogP contribution in [0.1, 0.15) is 5.56 Å². The van der Waals surface area contributed by atoms with Crippen LogP contribution in [0.5, 0.6) is 0 Å². The Hall–Kier alpha value is -2.90. The summed E-state index contributed by atoms with van der Waals surface area (Å²) < 4.78 is 0. The molecule has 0 radical (unpaired) electrons. The largest absolute Gasteiger partial charge is 0.384 e. The number of hydrogen-bond donors (Lipinski definition) is 3. The van der Waals surface area contributed by atoms with Crippen LogP contribution in [0.25, 0.3) is 0 Å². The Morgan fingerprint density at radius 1 is 1.29 bits per heavy atom. The van der Waals surface area contributed by atoms with E-state index in [2.05, 4.69) is 10.6 Å². The number of carbonyl (C=O) groups is 1. The molecule has 1 aromatic carbocycles. The first kappa shape index (κ1) is 13.1. The molecule has 2 heterocycles. The Kier molecular flexibility index (Phi) is 2.68. The molecule has 1 amide bonds. The highest BCUT2D eigenvalue weighted by molar-refractivity contribution is 7.80. The van der Waals surface area contributed by atoms with Gasteiger partial charge in [0.05, 0.1) is 11.6 Å². The van der Waals surface area contributed by atoms with Crippen molar-refractivity contribution in [2.24, 2.45) is 11.7 Å². The molecule has 4 N–H and O–H groups in total. The fourth-order valence-electron chi connectivity index (χ4n) is 2.94. The summed E-state index contributed by atoms with van der Waals surface area (Å²) in [6, 6.07) is 10.9. The van der Waals surface area contributed by atoms with Crippen molar-refractivity contribution in [1.29, 1.82) is 10.5 Å². The van der Waals surface area contributed by atoms with Crippen LogP contribution in [0, 0.1) is 28.6 Å². The van der Waals surface area contributed by atoms with E-state index in [1.807, 2.05) is 12.1 Å². The maximum Gasteiger partial charge on any atom is 0.242 e. The smallest absolute Gasteiger partial charge is 0.242 e. The number of thiocarbonyl (C=S) groups is 1. The van der Waals surface area contributed by atoms with Gasteiger partial charge >= 0.3 is 0 Å². The van der Waals surface area contributed by atoms with E-state index in [-0.39, 0.29) is 16.4 Å². The Bertz CT molecular complexity index is 800. The van der Waals surface area contributed by atoms with E-state index in [1.165, 1.54) is 0 Å². The van der Waals surface area contributed by atoms with Gasteiger partial charge in [0.1, 0.15) is 28.2 Å². The van der Waals surface area contributed by atoms with Crippen molar-refractivity contribution in [1.82, 2.24) is 5.32 Å². The fourth-order valence-corrected chi connectivity index (χ4v) is 3.28. The molecule has 2 aliphatic rings. The molecule has 0 aliphatic carbocycles. The Balaban J connectivity index is 2.43. The first-order chi connectivity index (χ1) is 10.1. The molecule has 6 nitrogen and oxygen atoms in total. The van der Waals surface area contributed by atoms with Crippen LogP contribution in [0.15, 0.2) is 35.7 Å². The highest BCUT2D eigenvalue weighted by Gasteiger charge is 2.60. The molecule has 0 fully saturated rings. The van der Waals surface area contributed by atoms with Gasteiger partial charge in [-0.15, -0.1) is 0 Å². The molecule has 102 valence electrons. The highest BCUT2D eigenvalue weighted by Crippen LogP contribution is 2.49. The normalized spacial score (nSPS) is 26.7. The molecular formula is C14H9N5OS. The lowest BCUT2D eigenvalue weighted by molar-refractivity contribution is -0.120. The number of hydrogen-bond acceptors (Lipinski definition) is 5. The van der Waals surface area contributed by atoms with Crippen molar-refractivity contribution >= 4 is 28.8 Å². The van der Waals surface area contributed by atoms with E-state index in [4.69, 9.17) is 18.0 Å². The van der Waals surface area contributed by atoms with Crippen LogP contribution in [0.3, 0.4) is 0 Å². The Labute approximate surface area is 125 Å². The zero-order valence-corrected chi connectivity index (χ0v) is 11.5. The van der Waals surface area contributed by atoms with Crippen molar-refractivity contribution in [2.75, 3.05) is 5.32 Å². The van der Waals surface area contributed by atoms with Crippen molar-refractivity contribution in [3.63, 3.8) is 0 Å². The monoisotopic (exact) mass is 295 g/mol. The van der Waals surface area contributed by atoms with Gasteiger partial charge in [-0.3, -0.25) is 4.79 Å². The molecule has 1 aromatic rings. The molecular weight excluding hydrogens is 286 g/mol. The lowest BCUT2D eigenvalue weighted by Crippen LogP contribution is -2.54. The zero-order chi connectivity index (χ0) is 15.2. The number of fused-ring (bicyclic) bond motifs is 2. The summed E-state index contributed by atoms with van der Waals surface area (Å²) >= 11 is 5.16. The summed E-state index contributed by atoms with van der Waals surface area (Å²) in [5.41, 5.74) is 5.49. The predicted molar refractivity (Wildman–Crippen MR) is 78.4 cm³/mol. The highest BCUT2D eigenvalue weighted by atomic mass is 32.1. The first-order valence-corrected chi connectivity index (χ1v) is 6.50. The summed E-state index contributed by atoms with van der Waals surface area (Å²) in [7, 11) is 0. The van der Waals surface area contributed by atoms with Crippen LogP contribution in [0.4, 0.5) is 5.69 Å². The van der Waals surface area contributed by atoms with E-state index in [0.717, 1.165) is 0 Å². The van der Waals surface area contributed by atoms with E-state index >= 15 is 0 Å². The third kappa shape index (κ3) is 1.44. The first-order valence-electron chi connectivity index (χ1n) is 6.09. The van der Waals surface area contributed by atoms with Gasteiger partial charge in [0.15, 0.2) is 0 Å². The van der Waals surface area contributed by atoms with Gasteiger partial charge in [0.25, 0.3) is 0 Å². The van der Waals surface area contributed by atoms with Gasteiger partial charge in [0.2, 0.25) is 5.91 Å². The number of benzene rings is 1. The lowest BCUT2D eigenvalue weighted by Gasteiger charge is -2.36. The molecule has 21 heavy (non-hydrogen) atoms. The van der Waals surface area contributed by atoms with Gasteiger partial charge in [0, 0.05) is 5.69 Å². The molecule has 0 saturated carbocycles. The number of para-hydroxylation sites is 1. The number of rotatable bonds is 0. The Morgan fingerprint density at radius 2 is 2.00 bits per heavy atom. The van der Waals surface area contributed by atoms with Crippen molar-refractivity contribution in [3.05, 3.63) is 41.2 Å².